The third-order valence-corrected chi connectivity index (χ3v) is 3.81. The van der Waals surface area contributed by atoms with Crippen LogP contribution in [0, 0.1) is 11.6 Å². The lowest BCUT2D eigenvalue weighted by atomic mass is 10.2. The normalized spacial score (nSPS) is 10.2. The molecule has 0 aliphatic heterocycles. The molecule has 28 heavy (non-hydrogen) atoms. The van der Waals surface area contributed by atoms with Gasteiger partial charge in [-0.1, -0.05) is 30.3 Å². The lowest BCUT2D eigenvalue weighted by Gasteiger charge is -2.12. The van der Waals surface area contributed by atoms with Crippen molar-refractivity contribution in [2.24, 2.45) is 0 Å². The molecule has 3 aromatic carbocycles. The number of amides is 2. The smallest absolute Gasteiger partial charge is 0.340 e. The molecule has 0 radical (unpaired) electrons. The number of anilines is 2. The van der Waals surface area contributed by atoms with Gasteiger partial charge >= 0.3 is 12.0 Å². The molecule has 0 bridgehead atoms. The van der Waals surface area contributed by atoms with Gasteiger partial charge in [0.05, 0.1) is 11.3 Å². The summed E-state index contributed by atoms with van der Waals surface area (Å²) in [7, 11) is 0. The number of benzene rings is 3. The van der Waals surface area contributed by atoms with Gasteiger partial charge < -0.3 is 15.4 Å². The van der Waals surface area contributed by atoms with Gasteiger partial charge in [-0.25, -0.2) is 18.4 Å². The van der Waals surface area contributed by atoms with Crippen molar-refractivity contribution in [3.63, 3.8) is 0 Å². The summed E-state index contributed by atoms with van der Waals surface area (Å²) in [5.74, 6) is -1.60. The first-order valence-electron chi connectivity index (χ1n) is 8.36. The van der Waals surface area contributed by atoms with Crippen molar-refractivity contribution in [2.75, 3.05) is 10.6 Å². The highest BCUT2D eigenvalue weighted by Crippen LogP contribution is 2.18. The number of carbonyl (C=O) groups excluding carboxylic acids is 2. The summed E-state index contributed by atoms with van der Waals surface area (Å²) >= 11 is 0. The van der Waals surface area contributed by atoms with Gasteiger partial charge in [0.1, 0.15) is 18.2 Å². The van der Waals surface area contributed by atoms with E-state index in [1.165, 1.54) is 48.5 Å². The summed E-state index contributed by atoms with van der Waals surface area (Å²) in [5, 5.41) is 5.08. The molecular weight excluding hydrogens is 366 g/mol. The second-order valence-corrected chi connectivity index (χ2v) is 5.80. The number of urea groups is 1. The van der Waals surface area contributed by atoms with Crippen LogP contribution in [0.5, 0.6) is 0 Å². The molecule has 142 valence electrons. The summed E-state index contributed by atoms with van der Waals surface area (Å²) in [6.07, 6.45) is 0. The Morgan fingerprint density at radius 3 is 2.25 bits per heavy atom. The second-order valence-electron chi connectivity index (χ2n) is 5.80. The highest BCUT2D eigenvalue weighted by molar-refractivity contribution is 6.05. The molecule has 0 spiro atoms. The van der Waals surface area contributed by atoms with Crippen molar-refractivity contribution in [3.05, 3.63) is 95.6 Å². The zero-order valence-electron chi connectivity index (χ0n) is 14.6. The zero-order chi connectivity index (χ0) is 19.9. The average molecular weight is 382 g/mol. The van der Waals surface area contributed by atoms with E-state index in [-0.39, 0.29) is 23.4 Å². The van der Waals surface area contributed by atoms with E-state index in [4.69, 9.17) is 4.74 Å². The molecule has 0 unspecified atom stereocenters. The number of hydrogen-bond acceptors (Lipinski definition) is 3. The summed E-state index contributed by atoms with van der Waals surface area (Å²) in [6.45, 7) is -0.235. The maximum absolute atomic E-state index is 13.6. The van der Waals surface area contributed by atoms with Crippen molar-refractivity contribution in [2.45, 2.75) is 6.61 Å². The molecule has 0 atom stereocenters. The molecule has 0 saturated carbocycles. The van der Waals surface area contributed by atoms with Crippen LogP contribution in [0.4, 0.5) is 25.0 Å². The van der Waals surface area contributed by atoms with Crippen molar-refractivity contribution >= 4 is 23.4 Å². The van der Waals surface area contributed by atoms with Crippen molar-refractivity contribution in [1.82, 2.24) is 0 Å². The Morgan fingerprint density at radius 1 is 0.821 bits per heavy atom. The summed E-state index contributed by atoms with van der Waals surface area (Å²) in [4.78, 5) is 24.5. The van der Waals surface area contributed by atoms with Gasteiger partial charge in [0.15, 0.2) is 0 Å². The predicted molar refractivity (Wildman–Crippen MR) is 101 cm³/mol. The molecule has 2 N–H and O–H groups in total. The zero-order valence-corrected chi connectivity index (χ0v) is 14.6. The van der Waals surface area contributed by atoms with Gasteiger partial charge in [-0.3, -0.25) is 0 Å². The van der Waals surface area contributed by atoms with E-state index in [9.17, 15) is 18.4 Å². The summed E-state index contributed by atoms with van der Waals surface area (Å²) in [6, 6.07) is 16.9. The van der Waals surface area contributed by atoms with Crippen molar-refractivity contribution in [3.8, 4) is 0 Å². The first-order valence-corrected chi connectivity index (χ1v) is 8.36. The van der Waals surface area contributed by atoms with Crippen molar-refractivity contribution in [1.29, 1.82) is 0 Å². The fraction of sp³-hybridized carbons (Fsp3) is 0.0476. The van der Waals surface area contributed by atoms with Crippen LogP contribution in [0.15, 0.2) is 72.8 Å². The van der Waals surface area contributed by atoms with E-state index in [1.807, 2.05) is 0 Å². The highest BCUT2D eigenvalue weighted by atomic mass is 19.1. The van der Waals surface area contributed by atoms with E-state index >= 15 is 0 Å². The van der Waals surface area contributed by atoms with E-state index in [2.05, 4.69) is 10.6 Å². The third-order valence-electron chi connectivity index (χ3n) is 3.81. The highest BCUT2D eigenvalue weighted by Gasteiger charge is 2.15. The molecule has 0 aromatic heterocycles. The average Bonchev–Trinajstić information content (AvgIpc) is 2.69. The van der Waals surface area contributed by atoms with Crippen LogP contribution in [-0.4, -0.2) is 12.0 Å². The Hall–Kier alpha value is -3.74. The quantitative estimate of drug-likeness (QED) is 0.613. The van der Waals surface area contributed by atoms with Gasteiger partial charge in [0.25, 0.3) is 0 Å². The standard InChI is InChI=1S/C21H16F2N2O3/c22-15-9-11-16(12-10-15)24-21(27)25-19-8-4-2-6-17(19)20(26)28-13-14-5-1-3-7-18(14)23/h1-12H,13H2,(H2,24,25,27). The Labute approximate surface area is 160 Å². The number of esters is 1. The monoisotopic (exact) mass is 382 g/mol. The van der Waals surface area contributed by atoms with E-state index in [0.717, 1.165) is 0 Å². The molecule has 0 fully saturated rings. The van der Waals surface area contributed by atoms with E-state index in [0.29, 0.717) is 5.69 Å². The van der Waals surface area contributed by atoms with Gasteiger partial charge in [-0.2, -0.15) is 0 Å². The van der Waals surface area contributed by atoms with Gasteiger partial charge in [-0.05, 0) is 42.5 Å². The number of rotatable bonds is 5. The van der Waals surface area contributed by atoms with Crippen LogP contribution < -0.4 is 10.6 Å². The minimum absolute atomic E-state index is 0.119. The third kappa shape index (κ3) is 4.91. The Balaban J connectivity index is 1.66. The number of halogens is 2. The van der Waals surface area contributed by atoms with E-state index < -0.39 is 23.6 Å². The molecule has 0 aliphatic rings. The maximum Gasteiger partial charge on any atom is 0.340 e. The van der Waals surface area contributed by atoms with Crippen LogP contribution in [-0.2, 0) is 11.3 Å². The first kappa shape index (κ1) is 19.0. The fourth-order valence-electron chi connectivity index (χ4n) is 2.42. The molecule has 0 saturated heterocycles. The topological polar surface area (TPSA) is 67.4 Å². The molecule has 3 rings (SSSR count). The minimum Gasteiger partial charge on any atom is -0.457 e. The largest absolute Gasteiger partial charge is 0.457 e. The lowest BCUT2D eigenvalue weighted by molar-refractivity contribution is 0.0470. The Morgan fingerprint density at radius 2 is 1.50 bits per heavy atom. The van der Waals surface area contributed by atoms with Gasteiger partial charge in [-0.15, -0.1) is 0 Å². The number of para-hydroxylation sites is 1. The molecular formula is C21H16F2N2O3. The van der Waals surface area contributed by atoms with Gasteiger partial charge in [0.2, 0.25) is 0 Å². The second kappa shape index (κ2) is 8.77. The molecule has 5 nitrogen and oxygen atoms in total. The maximum atomic E-state index is 13.6. The SMILES string of the molecule is O=C(Nc1ccc(F)cc1)Nc1ccccc1C(=O)OCc1ccccc1F. The number of ether oxygens (including phenoxy) is 1. The summed E-state index contributed by atoms with van der Waals surface area (Å²) < 4.78 is 31.7. The lowest BCUT2D eigenvalue weighted by Crippen LogP contribution is -2.21. The van der Waals surface area contributed by atoms with Crippen LogP contribution in [0.25, 0.3) is 0 Å². The first-order chi connectivity index (χ1) is 13.5. The minimum atomic E-state index is -0.707. The number of carbonyl (C=O) groups is 2. The number of nitrogens with one attached hydrogen (secondary N) is 2. The van der Waals surface area contributed by atoms with E-state index in [1.54, 1.807) is 24.3 Å². The Bertz CT molecular complexity index is 991. The van der Waals surface area contributed by atoms with Crippen LogP contribution in [0.2, 0.25) is 0 Å². The molecule has 7 heteroatoms. The van der Waals surface area contributed by atoms with Crippen LogP contribution >= 0.6 is 0 Å². The molecule has 0 heterocycles. The van der Waals surface area contributed by atoms with Crippen molar-refractivity contribution < 1.29 is 23.1 Å². The van der Waals surface area contributed by atoms with Crippen LogP contribution in [0.1, 0.15) is 15.9 Å². The molecule has 2 amide bonds. The van der Waals surface area contributed by atoms with Crippen LogP contribution in [0.3, 0.4) is 0 Å². The fourth-order valence-corrected chi connectivity index (χ4v) is 2.42. The molecule has 3 aromatic rings. The molecule has 0 aliphatic carbocycles. The number of hydrogen-bond donors (Lipinski definition) is 2. The van der Waals surface area contributed by atoms with Gasteiger partial charge in [0, 0.05) is 11.3 Å². The summed E-state index contributed by atoms with van der Waals surface area (Å²) in [5.41, 5.74) is 0.975. The predicted octanol–water partition coefficient (Wildman–Crippen LogP) is 4.97. The Kier molecular flexibility index (Phi) is 5.96.